The number of rotatable bonds is 6. The van der Waals surface area contributed by atoms with Gasteiger partial charge in [-0.25, -0.2) is 0 Å². The Morgan fingerprint density at radius 2 is 1.90 bits per heavy atom. The molecule has 0 fully saturated rings. The molecule has 5 nitrogen and oxygen atoms in total. The first-order chi connectivity index (χ1) is 10.1. The molecule has 0 saturated carbocycles. The van der Waals surface area contributed by atoms with Crippen molar-refractivity contribution >= 4 is 17.3 Å². The zero-order chi connectivity index (χ0) is 15.2. The van der Waals surface area contributed by atoms with E-state index in [9.17, 15) is 10.1 Å². The van der Waals surface area contributed by atoms with Gasteiger partial charge in [-0.05, 0) is 30.7 Å². The number of benzene rings is 2. The molecule has 0 atom stereocenters. The van der Waals surface area contributed by atoms with Gasteiger partial charge in [0.05, 0.1) is 9.95 Å². The topological polar surface area (TPSA) is 61.6 Å². The number of nitro groups is 1. The van der Waals surface area contributed by atoms with Gasteiger partial charge in [0.15, 0.2) is 0 Å². The minimum absolute atomic E-state index is 0.0663. The summed E-state index contributed by atoms with van der Waals surface area (Å²) in [6.45, 7) is 2.64. The second kappa shape index (κ2) is 6.95. The van der Waals surface area contributed by atoms with E-state index in [2.05, 4.69) is 0 Å². The van der Waals surface area contributed by atoms with Crippen molar-refractivity contribution in [2.75, 3.05) is 13.2 Å². The fourth-order valence-electron chi connectivity index (χ4n) is 1.74. The lowest BCUT2D eigenvalue weighted by Crippen LogP contribution is -2.09. The van der Waals surface area contributed by atoms with E-state index in [1.54, 1.807) is 0 Å². The zero-order valence-corrected chi connectivity index (χ0v) is 12.2. The van der Waals surface area contributed by atoms with Crippen molar-refractivity contribution < 1.29 is 14.4 Å². The number of hydrogen-bond donors (Lipinski definition) is 0. The van der Waals surface area contributed by atoms with Gasteiger partial charge in [-0.3, -0.25) is 10.1 Å². The summed E-state index contributed by atoms with van der Waals surface area (Å²) in [5.74, 6) is 1.17. The summed E-state index contributed by atoms with van der Waals surface area (Å²) in [4.78, 5) is 10.1. The molecule has 110 valence electrons. The summed E-state index contributed by atoms with van der Waals surface area (Å²) < 4.78 is 11.0. The molecule has 2 aromatic rings. The SMILES string of the molecule is Cc1cccc(OCCOc2ccc([N+](=O)[O-])cc2Cl)c1. The van der Waals surface area contributed by atoms with Gasteiger partial charge in [0.25, 0.3) is 5.69 Å². The molecule has 0 spiro atoms. The van der Waals surface area contributed by atoms with Crippen LogP contribution in [0.15, 0.2) is 42.5 Å². The Morgan fingerprint density at radius 1 is 1.14 bits per heavy atom. The van der Waals surface area contributed by atoms with Crippen LogP contribution in [0.1, 0.15) is 5.56 Å². The first-order valence-electron chi connectivity index (χ1n) is 6.32. The van der Waals surface area contributed by atoms with Gasteiger partial charge in [-0.2, -0.15) is 0 Å². The van der Waals surface area contributed by atoms with Gasteiger partial charge < -0.3 is 9.47 Å². The van der Waals surface area contributed by atoms with Crippen molar-refractivity contribution in [1.82, 2.24) is 0 Å². The van der Waals surface area contributed by atoms with Crippen LogP contribution in [-0.2, 0) is 0 Å². The van der Waals surface area contributed by atoms with Gasteiger partial charge in [-0.1, -0.05) is 23.7 Å². The lowest BCUT2D eigenvalue weighted by molar-refractivity contribution is -0.384. The van der Waals surface area contributed by atoms with Crippen LogP contribution in [0.2, 0.25) is 5.02 Å². The molecule has 0 amide bonds. The normalized spacial score (nSPS) is 10.2. The number of non-ortho nitro benzene ring substituents is 1. The first kappa shape index (κ1) is 15.1. The molecule has 0 aliphatic carbocycles. The molecule has 0 unspecified atom stereocenters. The molecule has 0 radical (unpaired) electrons. The largest absolute Gasteiger partial charge is 0.490 e. The summed E-state index contributed by atoms with van der Waals surface area (Å²) in [5, 5.41) is 10.8. The van der Waals surface area contributed by atoms with Crippen LogP contribution >= 0.6 is 11.6 Å². The van der Waals surface area contributed by atoms with E-state index < -0.39 is 4.92 Å². The number of nitro benzene ring substituents is 1. The minimum atomic E-state index is -0.503. The highest BCUT2D eigenvalue weighted by atomic mass is 35.5. The van der Waals surface area contributed by atoms with Crippen LogP contribution in [0.5, 0.6) is 11.5 Å². The highest BCUT2D eigenvalue weighted by Gasteiger charge is 2.10. The average molecular weight is 308 g/mol. The fourth-order valence-corrected chi connectivity index (χ4v) is 1.97. The van der Waals surface area contributed by atoms with Crippen LogP contribution in [0.3, 0.4) is 0 Å². The number of halogens is 1. The van der Waals surface area contributed by atoms with Gasteiger partial charge >= 0.3 is 0 Å². The van der Waals surface area contributed by atoms with Crippen LogP contribution in [0.25, 0.3) is 0 Å². The second-order valence-electron chi connectivity index (χ2n) is 4.39. The number of ether oxygens (including phenoxy) is 2. The van der Waals surface area contributed by atoms with E-state index in [0.29, 0.717) is 19.0 Å². The Balaban J connectivity index is 1.85. The van der Waals surface area contributed by atoms with Crippen molar-refractivity contribution in [3.63, 3.8) is 0 Å². The smallest absolute Gasteiger partial charge is 0.271 e. The predicted molar refractivity (Wildman–Crippen MR) is 80.3 cm³/mol. The van der Waals surface area contributed by atoms with Crippen LogP contribution in [0.4, 0.5) is 5.69 Å². The summed E-state index contributed by atoms with van der Waals surface area (Å²) in [7, 11) is 0. The van der Waals surface area contributed by atoms with Crippen LogP contribution in [-0.4, -0.2) is 18.1 Å². The van der Waals surface area contributed by atoms with Crippen LogP contribution < -0.4 is 9.47 Å². The Kier molecular flexibility index (Phi) is 5.00. The molecule has 2 aromatic carbocycles. The molecular formula is C15H14ClNO4. The Bertz CT molecular complexity index is 645. The monoisotopic (exact) mass is 307 g/mol. The Labute approximate surface area is 127 Å². The predicted octanol–water partition coefficient (Wildman–Crippen LogP) is 4.01. The van der Waals surface area contributed by atoms with Crippen LogP contribution in [0, 0.1) is 17.0 Å². The third-order valence-corrected chi connectivity index (χ3v) is 3.02. The van der Waals surface area contributed by atoms with E-state index in [4.69, 9.17) is 21.1 Å². The lowest BCUT2D eigenvalue weighted by Gasteiger charge is -2.09. The number of nitrogens with zero attached hydrogens (tertiary/aromatic N) is 1. The summed E-state index contributed by atoms with van der Waals surface area (Å²) in [5.41, 5.74) is 1.05. The number of aryl methyl sites for hydroxylation is 1. The Morgan fingerprint density at radius 3 is 2.57 bits per heavy atom. The van der Waals surface area contributed by atoms with Crippen molar-refractivity contribution in [3.8, 4) is 11.5 Å². The zero-order valence-electron chi connectivity index (χ0n) is 11.4. The molecule has 6 heteroatoms. The van der Waals surface area contributed by atoms with E-state index >= 15 is 0 Å². The minimum Gasteiger partial charge on any atom is -0.490 e. The van der Waals surface area contributed by atoms with Gasteiger partial charge in [0, 0.05) is 12.1 Å². The molecule has 2 rings (SSSR count). The molecule has 0 bridgehead atoms. The number of hydrogen-bond acceptors (Lipinski definition) is 4. The molecular weight excluding hydrogens is 294 g/mol. The highest BCUT2D eigenvalue weighted by molar-refractivity contribution is 6.32. The maximum Gasteiger partial charge on any atom is 0.271 e. The average Bonchev–Trinajstić information content (AvgIpc) is 2.45. The highest BCUT2D eigenvalue weighted by Crippen LogP contribution is 2.28. The molecule has 0 aromatic heterocycles. The summed E-state index contributed by atoms with van der Waals surface area (Å²) >= 11 is 5.92. The molecule has 0 saturated heterocycles. The van der Waals surface area contributed by atoms with E-state index in [0.717, 1.165) is 11.3 Å². The van der Waals surface area contributed by atoms with Crippen molar-refractivity contribution in [1.29, 1.82) is 0 Å². The van der Waals surface area contributed by atoms with Gasteiger partial charge in [-0.15, -0.1) is 0 Å². The first-order valence-corrected chi connectivity index (χ1v) is 6.70. The van der Waals surface area contributed by atoms with E-state index in [1.807, 2.05) is 31.2 Å². The molecule has 21 heavy (non-hydrogen) atoms. The molecule has 0 aliphatic heterocycles. The maximum atomic E-state index is 10.6. The lowest BCUT2D eigenvalue weighted by atomic mass is 10.2. The van der Waals surface area contributed by atoms with E-state index in [-0.39, 0.29) is 10.7 Å². The van der Waals surface area contributed by atoms with E-state index in [1.165, 1.54) is 18.2 Å². The Hall–Kier alpha value is -2.27. The molecule has 0 N–H and O–H groups in total. The summed E-state index contributed by atoms with van der Waals surface area (Å²) in [6, 6.07) is 11.8. The third-order valence-electron chi connectivity index (χ3n) is 2.73. The van der Waals surface area contributed by atoms with Gasteiger partial charge in [0.2, 0.25) is 0 Å². The second-order valence-corrected chi connectivity index (χ2v) is 4.79. The van der Waals surface area contributed by atoms with Gasteiger partial charge in [0.1, 0.15) is 24.7 Å². The van der Waals surface area contributed by atoms with Crippen molar-refractivity contribution in [2.24, 2.45) is 0 Å². The quantitative estimate of drug-likeness (QED) is 0.459. The van der Waals surface area contributed by atoms with Crippen molar-refractivity contribution in [2.45, 2.75) is 6.92 Å². The third kappa shape index (κ3) is 4.36. The fraction of sp³-hybridized carbons (Fsp3) is 0.200. The molecule has 0 heterocycles. The summed E-state index contributed by atoms with van der Waals surface area (Å²) in [6.07, 6.45) is 0. The molecule has 0 aliphatic rings. The van der Waals surface area contributed by atoms with Crippen molar-refractivity contribution in [3.05, 3.63) is 63.2 Å². The standard InChI is InChI=1S/C15H14ClNO4/c1-11-3-2-4-13(9-11)20-7-8-21-15-6-5-12(17(18)19)10-14(15)16/h2-6,9-10H,7-8H2,1H3. The maximum absolute atomic E-state index is 10.6.